The van der Waals surface area contributed by atoms with E-state index in [1.165, 1.54) is 6.21 Å². The number of benzene rings is 3. The van der Waals surface area contributed by atoms with Crippen LogP contribution in [0.25, 0.3) is 0 Å². The molecule has 196 valence electrons. The summed E-state index contributed by atoms with van der Waals surface area (Å²) in [4.78, 5) is 12.7. The highest BCUT2D eigenvalue weighted by Gasteiger charge is 2.14. The molecule has 3 aromatic rings. The SMILES string of the molecule is CCCOc1ccc(C(=O)N/N=C/c2cc(Br)c(OCc3ccc(Cl)cc3)c(OCC)c2)cc1OCC. The van der Waals surface area contributed by atoms with Gasteiger partial charge in [0.15, 0.2) is 23.0 Å². The summed E-state index contributed by atoms with van der Waals surface area (Å²) in [6, 6.07) is 16.1. The Hall–Kier alpha value is -3.23. The van der Waals surface area contributed by atoms with Crippen molar-refractivity contribution in [1.82, 2.24) is 5.43 Å². The number of nitrogens with one attached hydrogen (secondary N) is 1. The minimum absolute atomic E-state index is 0.353. The van der Waals surface area contributed by atoms with Gasteiger partial charge < -0.3 is 18.9 Å². The van der Waals surface area contributed by atoms with Gasteiger partial charge in [0.1, 0.15) is 6.61 Å². The maximum Gasteiger partial charge on any atom is 0.271 e. The van der Waals surface area contributed by atoms with Gasteiger partial charge in [-0.25, -0.2) is 5.43 Å². The highest BCUT2D eigenvalue weighted by molar-refractivity contribution is 9.10. The first-order valence-corrected chi connectivity index (χ1v) is 13.2. The van der Waals surface area contributed by atoms with Gasteiger partial charge in [-0.3, -0.25) is 4.79 Å². The molecule has 7 nitrogen and oxygen atoms in total. The smallest absolute Gasteiger partial charge is 0.271 e. The Labute approximate surface area is 230 Å². The number of amides is 1. The Morgan fingerprint density at radius 3 is 2.35 bits per heavy atom. The quantitative estimate of drug-likeness (QED) is 0.171. The molecule has 1 amide bonds. The molecule has 0 heterocycles. The lowest BCUT2D eigenvalue weighted by molar-refractivity contribution is 0.0954. The van der Waals surface area contributed by atoms with Crippen LogP contribution in [0.15, 0.2) is 64.2 Å². The Morgan fingerprint density at radius 2 is 1.65 bits per heavy atom. The summed E-state index contributed by atoms with van der Waals surface area (Å²) < 4.78 is 23.8. The van der Waals surface area contributed by atoms with Crippen molar-refractivity contribution in [2.75, 3.05) is 19.8 Å². The third-order valence-electron chi connectivity index (χ3n) is 4.98. The number of halogens is 2. The Bertz CT molecular complexity index is 1220. The topological polar surface area (TPSA) is 78.4 Å². The van der Waals surface area contributed by atoms with Crippen molar-refractivity contribution in [3.63, 3.8) is 0 Å². The van der Waals surface area contributed by atoms with E-state index < -0.39 is 0 Å². The van der Waals surface area contributed by atoms with Crippen LogP contribution in [0.3, 0.4) is 0 Å². The maximum absolute atomic E-state index is 12.7. The normalized spacial score (nSPS) is 10.8. The minimum Gasteiger partial charge on any atom is -0.490 e. The van der Waals surface area contributed by atoms with Gasteiger partial charge in [0.05, 0.1) is 30.5 Å². The first-order valence-electron chi connectivity index (χ1n) is 12.0. The largest absolute Gasteiger partial charge is 0.490 e. The lowest BCUT2D eigenvalue weighted by atomic mass is 10.2. The van der Waals surface area contributed by atoms with Gasteiger partial charge in [-0.05, 0) is 89.8 Å². The van der Waals surface area contributed by atoms with Gasteiger partial charge in [0, 0.05) is 10.6 Å². The van der Waals surface area contributed by atoms with E-state index in [0.29, 0.717) is 70.0 Å². The maximum atomic E-state index is 12.7. The molecule has 1 N–H and O–H groups in total. The lowest BCUT2D eigenvalue weighted by Gasteiger charge is -2.15. The van der Waals surface area contributed by atoms with Crippen LogP contribution in [0.4, 0.5) is 0 Å². The van der Waals surface area contributed by atoms with Crippen molar-refractivity contribution in [1.29, 1.82) is 0 Å². The molecule has 0 bridgehead atoms. The second-order valence-electron chi connectivity index (χ2n) is 7.82. The molecule has 0 radical (unpaired) electrons. The van der Waals surface area contributed by atoms with E-state index in [0.717, 1.165) is 12.0 Å². The first-order chi connectivity index (χ1) is 17.9. The third-order valence-corrected chi connectivity index (χ3v) is 5.82. The molecule has 0 saturated carbocycles. The monoisotopic (exact) mass is 588 g/mol. The summed E-state index contributed by atoms with van der Waals surface area (Å²) in [6.45, 7) is 7.64. The number of hydrogen-bond donors (Lipinski definition) is 1. The molecule has 0 aliphatic rings. The Balaban J connectivity index is 1.70. The van der Waals surface area contributed by atoms with Gasteiger partial charge in [0.25, 0.3) is 5.91 Å². The molecule has 0 aliphatic heterocycles. The molecule has 0 atom stereocenters. The van der Waals surface area contributed by atoms with E-state index >= 15 is 0 Å². The van der Waals surface area contributed by atoms with Crippen LogP contribution in [-0.4, -0.2) is 31.9 Å². The zero-order valence-electron chi connectivity index (χ0n) is 21.1. The molecule has 0 saturated heterocycles. The highest BCUT2D eigenvalue weighted by atomic mass is 79.9. The molecule has 0 fully saturated rings. The molecule has 0 unspecified atom stereocenters. The van der Waals surface area contributed by atoms with E-state index in [-0.39, 0.29) is 5.91 Å². The van der Waals surface area contributed by atoms with E-state index in [1.54, 1.807) is 24.3 Å². The summed E-state index contributed by atoms with van der Waals surface area (Å²) in [7, 11) is 0. The Kier molecular flexibility index (Phi) is 11.1. The fraction of sp³-hybridized carbons (Fsp3) is 0.286. The average molecular weight is 590 g/mol. The molecule has 0 aromatic heterocycles. The molecule has 37 heavy (non-hydrogen) atoms. The van der Waals surface area contributed by atoms with Gasteiger partial charge in [-0.1, -0.05) is 30.7 Å². The molecular weight excluding hydrogens is 560 g/mol. The van der Waals surface area contributed by atoms with Crippen molar-refractivity contribution < 1.29 is 23.7 Å². The predicted octanol–water partition coefficient (Wildman–Crippen LogP) is 7.03. The van der Waals surface area contributed by atoms with E-state index in [1.807, 2.05) is 51.1 Å². The van der Waals surface area contributed by atoms with Crippen LogP contribution in [-0.2, 0) is 6.61 Å². The average Bonchev–Trinajstić information content (AvgIpc) is 2.88. The third kappa shape index (κ3) is 8.40. The molecule has 9 heteroatoms. The fourth-order valence-electron chi connectivity index (χ4n) is 3.28. The van der Waals surface area contributed by atoms with Crippen LogP contribution in [0, 0.1) is 0 Å². The highest BCUT2D eigenvalue weighted by Crippen LogP contribution is 2.37. The van der Waals surface area contributed by atoms with Gasteiger partial charge in [0.2, 0.25) is 0 Å². The first kappa shape index (κ1) is 28.3. The van der Waals surface area contributed by atoms with Crippen LogP contribution in [0.5, 0.6) is 23.0 Å². The predicted molar refractivity (Wildman–Crippen MR) is 150 cm³/mol. The number of nitrogens with zero attached hydrogens (tertiary/aromatic N) is 1. The van der Waals surface area contributed by atoms with Crippen molar-refractivity contribution in [2.24, 2.45) is 5.10 Å². The summed E-state index contributed by atoms with van der Waals surface area (Å²) in [6.07, 6.45) is 2.41. The molecular formula is C28H30BrClN2O5. The standard InChI is InChI=1S/C28H30BrClN2O5/c1-4-13-36-24-12-9-21(16-25(24)34-5-2)28(33)32-31-17-20-14-23(29)27(26(15-20)35-6-3)37-18-19-7-10-22(30)11-8-19/h7-12,14-17H,4-6,13,18H2,1-3H3,(H,32,33)/b31-17+. The van der Waals surface area contributed by atoms with Gasteiger partial charge in [-0.2, -0.15) is 5.10 Å². The van der Waals surface area contributed by atoms with Gasteiger partial charge in [-0.15, -0.1) is 0 Å². The van der Waals surface area contributed by atoms with Crippen molar-refractivity contribution in [3.8, 4) is 23.0 Å². The summed E-state index contributed by atoms with van der Waals surface area (Å²) in [5.74, 6) is 1.89. The summed E-state index contributed by atoms with van der Waals surface area (Å²) in [5.41, 5.74) is 4.65. The number of ether oxygens (including phenoxy) is 4. The van der Waals surface area contributed by atoms with Gasteiger partial charge >= 0.3 is 0 Å². The second-order valence-corrected chi connectivity index (χ2v) is 9.11. The van der Waals surface area contributed by atoms with Crippen molar-refractivity contribution >= 4 is 39.7 Å². The van der Waals surface area contributed by atoms with Crippen LogP contribution in [0.2, 0.25) is 5.02 Å². The van der Waals surface area contributed by atoms with E-state index in [9.17, 15) is 4.79 Å². The number of hydrazone groups is 1. The van der Waals surface area contributed by atoms with Crippen LogP contribution >= 0.6 is 27.5 Å². The molecule has 0 spiro atoms. The minimum atomic E-state index is -0.369. The Morgan fingerprint density at radius 1 is 0.919 bits per heavy atom. The molecule has 3 aromatic carbocycles. The number of rotatable bonds is 13. The number of hydrogen-bond acceptors (Lipinski definition) is 6. The zero-order valence-corrected chi connectivity index (χ0v) is 23.4. The second kappa shape index (κ2) is 14.5. The zero-order chi connectivity index (χ0) is 26.6. The number of carbonyl (C=O) groups excluding carboxylic acids is 1. The van der Waals surface area contributed by atoms with Crippen molar-refractivity contribution in [2.45, 2.75) is 33.8 Å². The van der Waals surface area contributed by atoms with Crippen LogP contribution in [0.1, 0.15) is 48.7 Å². The summed E-state index contributed by atoms with van der Waals surface area (Å²) in [5, 5.41) is 4.78. The van der Waals surface area contributed by atoms with E-state index in [4.69, 9.17) is 30.5 Å². The number of carbonyl (C=O) groups is 1. The van der Waals surface area contributed by atoms with E-state index in [2.05, 4.69) is 26.5 Å². The molecule has 3 rings (SSSR count). The fourth-order valence-corrected chi connectivity index (χ4v) is 3.98. The lowest BCUT2D eigenvalue weighted by Crippen LogP contribution is -2.17. The molecule has 0 aliphatic carbocycles. The van der Waals surface area contributed by atoms with Crippen LogP contribution < -0.4 is 24.4 Å². The summed E-state index contributed by atoms with van der Waals surface area (Å²) >= 11 is 9.52. The van der Waals surface area contributed by atoms with Crippen molar-refractivity contribution in [3.05, 3.63) is 80.8 Å².